The molecule has 0 aliphatic heterocycles. The van der Waals surface area contributed by atoms with E-state index in [0.29, 0.717) is 5.39 Å². The summed E-state index contributed by atoms with van der Waals surface area (Å²) in [6.45, 7) is 2.85. The van der Waals surface area contributed by atoms with Gasteiger partial charge in [0.05, 0.1) is 10.1 Å². The van der Waals surface area contributed by atoms with E-state index in [1.807, 2.05) is 12.1 Å². The molecule has 3 N–H and O–H groups in total. The third-order valence-corrected chi connectivity index (χ3v) is 4.09. The van der Waals surface area contributed by atoms with Crippen molar-refractivity contribution in [3.8, 4) is 0 Å². The second kappa shape index (κ2) is 6.29. The maximum atomic E-state index is 12.1. The smallest absolute Gasteiger partial charge is 0.269 e. The van der Waals surface area contributed by atoms with E-state index in [1.54, 1.807) is 12.1 Å². The zero-order chi connectivity index (χ0) is 16.3. The standard InChI is InChI=1S/C14H17N3O4S/c1-14(2,21)13(20)16-15-11(18)7-8-17-12(19)9-5-3-4-6-10(9)22-17/h3-6,21H,7-8H2,1-2H3,(H,15,18)(H,16,20). The summed E-state index contributed by atoms with van der Waals surface area (Å²) in [6.07, 6.45) is 0.0405. The Bertz CT molecular complexity index is 757. The predicted molar refractivity (Wildman–Crippen MR) is 83.3 cm³/mol. The molecule has 2 aromatic rings. The molecule has 2 rings (SSSR count). The number of hydrazine groups is 1. The fourth-order valence-electron chi connectivity index (χ4n) is 1.71. The van der Waals surface area contributed by atoms with Crippen LogP contribution in [0.3, 0.4) is 0 Å². The first-order valence-electron chi connectivity index (χ1n) is 6.69. The number of carbonyl (C=O) groups is 2. The van der Waals surface area contributed by atoms with Gasteiger partial charge in [0.15, 0.2) is 0 Å². The lowest BCUT2D eigenvalue weighted by atomic mass is 10.1. The Morgan fingerprint density at radius 2 is 1.95 bits per heavy atom. The van der Waals surface area contributed by atoms with Crippen LogP contribution in [0.4, 0.5) is 0 Å². The summed E-state index contributed by atoms with van der Waals surface area (Å²) in [5, 5.41) is 10.0. The largest absolute Gasteiger partial charge is 0.381 e. The minimum atomic E-state index is -1.57. The Kier molecular flexibility index (Phi) is 4.62. The lowest BCUT2D eigenvalue weighted by molar-refractivity contribution is -0.140. The number of nitrogens with zero attached hydrogens (tertiary/aromatic N) is 1. The van der Waals surface area contributed by atoms with Crippen molar-refractivity contribution in [2.75, 3.05) is 0 Å². The molecule has 0 spiro atoms. The van der Waals surface area contributed by atoms with Gasteiger partial charge in [-0.3, -0.25) is 29.2 Å². The van der Waals surface area contributed by atoms with Gasteiger partial charge in [0, 0.05) is 13.0 Å². The number of aryl methyl sites for hydroxylation is 1. The van der Waals surface area contributed by atoms with Crippen LogP contribution in [0.2, 0.25) is 0 Å². The first-order chi connectivity index (χ1) is 10.3. The van der Waals surface area contributed by atoms with Crippen LogP contribution in [-0.4, -0.2) is 26.5 Å². The zero-order valence-corrected chi connectivity index (χ0v) is 13.1. The van der Waals surface area contributed by atoms with Crippen LogP contribution in [0, 0.1) is 0 Å². The number of hydrogen-bond donors (Lipinski definition) is 3. The molecule has 22 heavy (non-hydrogen) atoms. The lowest BCUT2D eigenvalue weighted by Crippen LogP contribution is -2.50. The van der Waals surface area contributed by atoms with Gasteiger partial charge >= 0.3 is 0 Å². The van der Waals surface area contributed by atoms with Gasteiger partial charge in [-0.25, -0.2) is 0 Å². The highest BCUT2D eigenvalue weighted by Gasteiger charge is 2.23. The Hall–Kier alpha value is -2.19. The van der Waals surface area contributed by atoms with Crippen LogP contribution in [0.1, 0.15) is 20.3 Å². The molecule has 7 nitrogen and oxygen atoms in total. The molecule has 0 aliphatic rings. The van der Waals surface area contributed by atoms with Crippen molar-refractivity contribution in [2.24, 2.45) is 0 Å². The van der Waals surface area contributed by atoms with Gasteiger partial charge < -0.3 is 5.11 Å². The maximum Gasteiger partial charge on any atom is 0.269 e. The van der Waals surface area contributed by atoms with Crippen LogP contribution in [0.15, 0.2) is 29.1 Å². The molecule has 0 bridgehead atoms. The van der Waals surface area contributed by atoms with E-state index < -0.39 is 17.4 Å². The van der Waals surface area contributed by atoms with Crippen molar-refractivity contribution >= 4 is 33.4 Å². The molecular weight excluding hydrogens is 306 g/mol. The van der Waals surface area contributed by atoms with Gasteiger partial charge in [0.2, 0.25) is 5.91 Å². The molecule has 0 unspecified atom stereocenters. The van der Waals surface area contributed by atoms with Crippen molar-refractivity contribution in [1.82, 2.24) is 14.8 Å². The van der Waals surface area contributed by atoms with Gasteiger partial charge in [-0.1, -0.05) is 23.7 Å². The van der Waals surface area contributed by atoms with Gasteiger partial charge in [-0.2, -0.15) is 0 Å². The quantitative estimate of drug-likeness (QED) is 0.708. The van der Waals surface area contributed by atoms with E-state index in [-0.39, 0.29) is 18.5 Å². The second-order valence-electron chi connectivity index (χ2n) is 5.31. The van der Waals surface area contributed by atoms with E-state index in [9.17, 15) is 19.5 Å². The molecule has 0 saturated heterocycles. The van der Waals surface area contributed by atoms with E-state index in [1.165, 1.54) is 29.3 Å². The number of rotatable bonds is 4. The van der Waals surface area contributed by atoms with E-state index in [4.69, 9.17) is 0 Å². The molecule has 8 heteroatoms. The first kappa shape index (κ1) is 16.2. The van der Waals surface area contributed by atoms with Gasteiger partial charge in [0.1, 0.15) is 5.60 Å². The Morgan fingerprint density at radius 1 is 1.27 bits per heavy atom. The summed E-state index contributed by atoms with van der Waals surface area (Å²) < 4.78 is 2.37. The monoisotopic (exact) mass is 323 g/mol. The second-order valence-corrected chi connectivity index (χ2v) is 6.37. The van der Waals surface area contributed by atoms with E-state index >= 15 is 0 Å². The number of aliphatic hydroxyl groups is 1. The van der Waals surface area contributed by atoms with Crippen molar-refractivity contribution < 1.29 is 14.7 Å². The van der Waals surface area contributed by atoms with Crippen molar-refractivity contribution in [2.45, 2.75) is 32.4 Å². The molecule has 0 radical (unpaired) electrons. The number of benzene rings is 1. The van der Waals surface area contributed by atoms with Gasteiger partial charge in [-0.15, -0.1) is 0 Å². The number of nitrogens with one attached hydrogen (secondary N) is 2. The molecule has 0 saturated carbocycles. The first-order valence-corrected chi connectivity index (χ1v) is 7.47. The molecule has 1 aromatic heterocycles. The molecule has 1 aromatic carbocycles. The molecule has 1 heterocycles. The summed E-state index contributed by atoms with van der Waals surface area (Å²) in [5.74, 6) is -1.15. The van der Waals surface area contributed by atoms with Crippen molar-refractivity contribution in [1.29, 1.82) is 0 Å². The highest BCUT2D eigenvalue weighted by molar-refractivity contribution is 7.13. The number of fused-ring (bicyclic) bond motifs is 1. The Balaban J connectivity index is 1.92. The molecule has 118 valence electrons. The third-order valence-electron chi connectivity index (χ3n) is 2.97. The summed E-state index contributed by atoms with van der Waals surface area (Å²) in [7, 11) is 0. The van der Waals surface area contributed by atoms with Crippen LogP contribution >= 0.6 is 11.5 Å². The highest BCUT2D eigenvalue weighted by Crippen LogP contribution is 2.15. The molecule has 0 aliphatic carbocycles. The normalized spacial score (nSPS) is 11.4. The Labute approximate surface area is 130 Å². The summed E-state index contributed by atoms with van der Waals surface area (Å²) in [5.41, 5.74) is 2.63. The average molecular weight is 323 g/mol. The highest BCUT2D eigenvalue weighted by atomic mass is 32.1. The van der Waals surface area contributed by atoms with E-state index in [0.717, 1.165) is 4.70 Å². The number of carbonyl (C=O) groups excluding carboxylic acids is 2. The fourth-order valence-corrected chi connectivity index (χ4v) is 2.70. The number of hydrogen-bond acceptors (Lipinski definition) is 5. The van der Waals surface area contributed by atoms with Crippen LogP contribution < -0.4 is 16.4 Å². The lowest BCUT2D eigenvalue weighted by Gasteiger charge is -2.16. The summed E-state index contributed by atoms with van der Waals surface area (Å²) in [4.78, 5) is 35.1. The summed E-state index contributed by atoms with van der Waals surface area (Å²) >= 11 is 1.29. The molecule has 0 fully saturated rings. The minimum Gasteiger partial charge on any atom is -0.381 e. The molecule has 0 atom stereocenters. The van der Waals surface area contributed by atoms with Crippen molar-refractivity contribution in [3.63, 3.8) is 0 Å². The number of amides is 2. The zero-order valence-electron chi connectivity index (χ0n) is 12.3. The van der Waals surface area contributed by atoms with Crippen LogP contribution in [0.25, 0.3) is 10.1 Å². The summed E-state index contributed by atoms with van der Waals surface area (Å²) in [6, 6.07) is 7.23. The predicted octanol–water partition coefficient (Wildman–Crippen LogP) is 0.371. The van der Waals surface area contributed by atoms with Crippen LogP contribution in [-0.2, 0) is 16.1 Å². The van der Waals surface area contributed by atoms with Crippen LogP contribution in [0.5, 0.6) is 0 Å². The average Bonchev–Trinajstić information content (AvgIpc) is 2.78. The fraction of sp³-hybridized carbons (Fsp3) is 0.357. The van der Waals surface area contributed by atoms with E-state index in [2.05, 4.69) is 10.9 Å². The Morgan fingerprint density at radius 3 is 2.59 bits per heavy atom. The van der Waals surface area contributed by atoms with Gasteiger partial charge in [-0.05, 0) is 26.0 Å². The minimum absolute atomic E-state index is 0.0405. The van der Waals surface area contributed by atoms with Gasteiger partial charge in [0.25, 0.3) is 11.5 Å². The molecular formula is C14H17N3O4S. The van der Waals surface area contributed by atoms with Crippen molar-refractivity contribution in [3.05, 3.63) is 34.6 Å². The topological polar surface area (TPSA) is 100 Å². The maximum absolute atomic E-state index is 12.1. The molecule has 2 amide bonds. The third kappa shape index (κ3) is 3.71. The number of aromatic nitrogens is 1. The SMILES string of the molecule is CC(C)(O)C(=O)NNC(=O)CCn1sc2ccccc2c1=O.